The Balaban J connectivity index is 1.50. The smallest absolute Gasteiger partial charge is 0.410 e. The first-order valence-corrected chi connectivity index (χ1v) is 11.3. The normalized spacial score (nSPS) is 20.1. The molecule has 2 fully saturated rings. The van der Waals surface area contributed by atoms with Crippen molar-refractivity contribution in [3.05, 3.63) is 35.9 Å². The van der Waals surface area contributed by atoms with Gasteiger partial charge in [0, 0.05) is 57.8 Å². The van der Waals surface area contributed by atoms with E-state index in [0.717, 1.165) is 45.8 Å². The zero-order chi connectivity index (χ0) is 20.9. The second kappa shape index (κ2) is 9.48. The first-order chi connectivity index (χ1) is 13.8. The minimum atomic E-state index is -0.438. The summed E-state index contributed by atoms with van der Waals surface area (Å²) in [5, 5.41) is 0. The standard InChI is InChI=1S/C24H39N3O2/c1-5-27(22(28)29-23(2,3)4)20-24(12-9-13-24)19-26-16-14-25(15-17-26)18-21-10-7-6-8-11-21/h6-8,10-11H,5,9,12-20H2,1-4H3. The minimum Gasteiger partial charge on any atom is -0.444 e. The van der Waals surface area contributed by atoms with Crippen molar-refractivity contribution in [3.8, 4) is 0 Å². The Hall–Kier alpha value is -1.59. The van der Waals surface area contributed by atoms with Gasteiger partial charge in [0.05, 0.1) is 0 Å². The Morgan fingerprint density at radius 1 is 1.07 bits per heavy atom. The van der Waals surface area contributed by atoms with E-state index < -0.39 is 5.60 Å². The number of benzene rings is 1. The lowest BCUT2D eigenvalue weighted by Crippen LogP contribution is -2.55. The second-order valence-electron chi connectivity index (χ2n) is 9.89. The third-order valence-electron chi connectivity index (χ3n) is 6.25. The van der Waals surface area contributed by atoms with Crippen LogP contribution in [0.2, 0.25) is 0 Å². The van der Waals surface area contributed by atoms with E-state index in [-0.39, 0.29) is 11.5 Å². The molecule has 1 saturated heterocycles. The van der Waals surface area contributed by atoms with Gasteiger partial charge in [0.1, 0.15) is 5.60 Å². The van der Waals surface area contributed by atoms with Crippen LogP contribution in [0.5, 0.6) is 0 Å². The summed E-state index contributed by atoms with van der Waals surface area (Å²) >= 11 is 0. The summed E-state index contributed by atoms with van der Waals surface area (Å²) in [6.45, 7) is 16.0. The van der Waals surface area contributed by atoms with E-state index >= 15 is 0 Å². The molecule has 1 aromatic rings. The van der Waals surface area contributed by atoms with E-state index in [0.29, 0.717) is 6.54 Å². The Kier molecular flexibility index (Phi) is 7.23. The molecule has 5 nitrogen and oxygen atoms in total. The lowest BCUT2D eigenvalue weighted by Gasteiger charge is -2.49. The number of hydrogen-bond acceptors (Lipinski definition) is 4. The van der Waals surface area contributed by atoms with Crippen LogP contribution in [0.25, 0.3) is 0 Å². The maximum absolute atomic E-state index is 12.6. The van der Waals surface area contributed by atoms with E-state index in [9.17, 15) is 4.79 Å². The van der Waals surface area contributed by atoms with Crippen molar-refractivity contribution in [2.24, 2.45) is 5.41 Å². The first-order valence-electron chi connectivity index (χ1n) is 11.3. The van der Waals surface area contributed by atoms with E-state index in [2.05, 4.69) is 47.1 Å². The average molecular weight is 402 g/mol. The van der Waals surface area contributed by atoms with Gasteiger partial charge in [0.25, 0.3) is 0 Å². The van der Waals surface area contributed by atoms with Crippen LogP contribution in [0.4, 0.5) is 4.79 Å². The number of nitrogens with zero attached hydrogens (tertiary/aromatic N) is 3. The fourth-order valence-corrected chi connectivity index (χ4v) is 4.50. The number of piperazine rings is 1. The van der Waals surface area contributed by atoms with Gasteiger partial charge in [0.15, 0.2) is 0 Å². The van der Waals surface area contributed by atoms with Gasteiger partial charge >= 0.3 is 6.09 Å². The van der Waals surface area contributed by atoms with Crippen LogP contribution in [0, 0.1) is 5.41 Å². The van der Waals surface area contributed by atoms with Crippen LogP contribution >= 0.6 is 0 Å². The Bertz CT molecular complexity index is 644. The zero-order valence-corrected chi connectivity index (χ0v) is 18.8. The molecule has 2 aliphatic rings. The van der Waals surface area contributed by atoms with Gasteiger partial charge in [-0.3, -0.25) is 4.90 Å². The fourth-order valence-electron chi connectivity index (χ4n) is 4.50. The molecule has 3 rings (SSSR count). The highest BCUT2D eigenvalue weighted by atomic mass is 16.6. The minimum absolute atomic E-state index is 0.168. The van der Waals surface area contributed by atoms with Gasteiger partial charge in [-0.1, -0.05) is 36.8 Å². The molecule has 1 saturated carbocycles. The van der Waals surface area contributed by atoms with Crippen LogP contribution < -0.4 is 0 Å². The fraction of sp³-hybridized carbons (Fsp3) is 0.708. The summed E-state index contributed by atoms with van der Waals surface area (Å²) in [4.78, 5) is 19.7. The van der Waals surface area contributed by atoms with Crippen molar-refractivity contribution in [1.82, 2.24) is 14.7 Å². The van der Waals surface area contributed by atoms with Crippen LogP contribution in [0.3, 0.4) is 0 Å². The largest absolute Gasteiger partial charge is 0.444 e. The van der Waals surface area contributed by atoms with Crippen LogP contribution in [-0.2, 0) is 11.3 Å². The number of carbonyl (C=O) groups is 1. The molecule has 1 aromatic carbocycles. The third-order valence-corrected chi connectivity index (χ3v) is 6.25. The quantitative estimate of drug-likeness (QED) is 0.685. The van der Waals surface area contributed by atoms with E-state index in [1.54, 1.807) is 0 Å². The lowest BCUT2D eigenvalue weighted by molar-refractivity contribution is -0.0121. The Labute approximate surface area is 177 Å². The van der Waals surface area contributed by atoms with Crippen LogP contribution in [0.15, 0.2) is 30.3 Å². The van der Waals surface area contributed by atoms with Crippen LogP contribution in [0.1, 0.15) is 52.5 Å². The monoisotopic (exact) mass is 401 g/mol. The number of amides is 1. The molecule has 5 heteroatoms. The first kappa shape index (κ1) is 22.1. The molecule has 1 aliphatic heterocycles. The number of rotatable bonds is 7. The van der Waals surface area contributed by atoms with Crippen molar-refractivity contribution >= 4 is 6.09 Å². The molecule has 0 unspecified atom stereocenters. The van der Waals surface area contributed by atoms with Gasteiger partial charge in [-0.15, -0.1) is 0 Å². The molecule has 1 aliphatic carbocycles. The molecule has 0 radical (unpaired) electrons. The van der Waals surface area contributed by atoms with E-state index in [1.165, 1.54) is 24.8 Å². The molecule has 29 heavy (non-hydrogen) atoms. The van der Waals surface area contributed by atoms with Crippen LogP contribution in [-0.4, -0.2) is 72.2 Å². The summed E-state index contributed by atoms with van der Waals surface area (Å²) in [7, 11) is 0. The number of ether oxygens (including phenoxy) is 1. The predicted molar refractivity (Wildman–Crippen MR) is 118 cm³/mol. The summed E-state index contributed by atoms with van der Waals surface area (Å²) in [6, 6.07) is 10.8. The third kappa shape index (κ3) is 6.45. The molecule has 1 heterocycles. The summed E-state index contributed by atoms with van der Waals surface area (Å²) in [5.41, 5.74) is 1.20. The zero-order valence-electron chi connectivity index (χ0n) is 18.8. The summed E-state index contributed by atoms with van der Waals surface area (Å²) < 4.78 is 5.63. The number of carbonyl (C=O) groups excluding carboxylic acids is 1. The predicted octanol–water partition coefficient (Wildman–Crippen LogP) is 4.23. The molecule has 0 aromatic heterocycles. The Morgan fingerprint density at radius 2 is 1.69 bits per heavy atom. The van der Waals surface area contributed by atoms with Gasteiger partial charge in [-0.2, -0.15) is 0 Å². The van der Waals surface area contributed by atoms with Crippen molar-refractivity contribution in [2.45, 2.75) is 59.1 Å². The van der Waals surface area contributed by atoms with E-state index in [4.69, 9.17) is 4.74 Å². The topological polar surface area (TPSA) is 36.0 Å². The average Bonchev–Trinajstić information content (AvgIpc) is 2.64. The van der Waals surface area contributed by atoms with Gasteiger partial charge in [-0.05, 0) is 46.1 Å². The Morgan fingerprint density at radius 3 is 2.21 bits per heavy atom. The van der Waals surface area contributed by atoms with Gasteiger partial charge in [-0.25, -0.2) is 4.79 Å². The highest BCUT2D eigenvalue weighted by Crippen LogP contribution is 2.42. The molecular formula is C24H39N3O2. The molecule has 0 atom stereocenters. The second-order valence-corrected chi connectivity index (χ2v) is 9.89. The van der Waals surface area contributed by atoms with Crippen molar-refractivity contribution < 1.29 is 9.53 Å². The van der Waals surface area contributed by atoms with Crippen molar-refractivity contribution in [1.29, 1.82) is 0 Å². The summed E-state index contributed by atoms with van der Waals surface area (Å²) in [6.07, 6.45) is 3.55. The highest BCUT2D eigenvalue weighted by molar-refractivity contribution is 5.68. The van der Waals surface area contributed by atoms with E-state index in [1.807, 2.05) is 25.7 Å². The number of hydrogen-bond donors (Lipinski definition) is 0. The molecule has 0 N–H and O–H groups in total. The molecule has 1 amide bonds. The molecule has 0 bridgehead atoms. The van der Waals surface area contributed by atoms with Crippen molar-refractivity contribution in [3.63, 3.8) is 0 Å². The summed E-state index contributed by atoms with van der Waals surface area (Å²) in [5.74, 6) is 0. The molecule has 0 spiro atoms. The van der Waals surface area contributed by atoms with Gasteiger partial charge < -0.3 is 14.5 Å². The lowest BCUT2D eigenvalue weighted by atomic mass is 9.68. The molecule has 162 valence electrons. The maximum Gasteiger partial charge on any atom is 0.410 e. The highest BCUT2D eigenvalue weighted by Gasteiger charge is 2.41. The van der Waals surface area contributed by atoms with Gasteiger partial charge in [0.2, 0.25) is 0 Å². The SMILES string of the molecule is CCN(CC1(CN2CCN(Cc3ccccc3)CC2)CCC1)C(=O)OC(C)(C)C. The van der Waals surface area contributed by atoms with Crippen molar-refractivity contribution in [2.75, 3.05) is 45.8 Å². The maximum atomic E-state index is 12.6. The molecular weight excluding hydrogens is 362 g/mol.